The Morgan fingerprint density at radius 2 is 0.865 bits per heavy atom. The molecule has 0 bridgehead atoms. The van der Waals surface area contributed by atoms with Gasteiger partial charge in [-0.1, -0.05) is 103 Å². The van der Waals surface area contributed by atoms with E-state index in [1.807, 2.05) is 20.8 Å². The third-order valence-electron chi connectivity index (χ3n) is 6.63. The molecule has 0 aliphatic carbocycles. The highest BCUT2D eigenvalue weighted by molar-refractivity contribution is 6.01. The van der Waals surface area contributed by atoms with Gasteiger partial charge in [0.25, 0.3) is 11.8 Å². The average Bonchev–Trinajstić information content (AvgIpc) is 3.13. The Kier molecular flexibility index (Phi) is 18.0. The van der Waals surface area contributed by atoms with Crippen molar-refractivity contribution in [3.8, 4) is 0 Å². The predicted molar refractivity (Wildman–Crippen MR) is 145 cm³/mol. The summed E-state index contributed by atoms with van der Waals surface area (Å²) < 4.78 is 5.33. The van der Waals surface area contributed by atoms with E-state index in [1.165, 1.54) is 83.5 Å². The van der Waals surface area contributed by atoms with Gasteiger partial charge in [-0.05, 0) is 33.6 Å². The van der Waals surface area contributed by atoms with Crippen LogP contribution in [0.4, 0.5) is 0 Å². The van der Waals surface area contributed by atoms with E-state index in [-0.39, 0.29) is 30.8 Å². The van der Waals surface area contributed by atoms with Gasteiger partial charge in [0.2, 0.25) is 0 Å². The standard InChI is InChI=1S/C30H53NO6/c1-30(2,3)36-28(34)22-20-18-16-14-12-10-8-6-4-5-7-9-11-13-15-17-19-21-23-29(35)37-31-26(32)24-25-27(31)33/h4-25H2,1-3H3. The van der Waals surface area contributed by atoms with Crippen molar-refractivity contribution in [2.45, 2.75) is 168 Å². The first-order valence-corrected chi connectivity index (χ1v) is 15.0. The summed E-state index contributed by atoms with van der Waals surface area (Å²) in [7, 11) is 0. The van der Waals surface area contributed by atoms with Crippen LogP contribution in [-0.4, -0.2) is 34.4 Å². The molecule has 0 radical (unpaired) electrons. The SMILES string of the molecule is CC(C)(C)OC(=O)CCCCCCCCCCCCCCCCCCCCC(=O)ON1C(=O)CCC1=O. The minimum Gasteiger partial charge on any atom is -0.460 e. The van der Waals surface area contributed by atoms with Crippen LogP contribution in [-0.2, 0) is 28.8 Å². The summed E-state index contributed by atoms with van der Waals surface area (Å²) in [5.74, 6) is -1.40. The summed E-state index contributed by atoms with van der Waals surface area (Å²) in [6.45, 7) is 5.74. The highest BCUT2D eigenvalue weighted by atomic mass is 16.7. The van der Waals surface area contributed by atoms with E-state index in [4.69, 9.17) is 9.57 Å². The van der Waals surface area contributed by atoms with E-state index in [0.29, 0.717) is 11.5 Å². The van der Waals surface area contributed by atoms with Crippen molar-refractivity contribution in [2.75, 3.05) is 0 Å². The van der Waals surface area contributed by atoms with Crippen molar-refractivity contribution in [1.29, 1.82) is 0 Å². The number of carbonyl (C=O) groups is 4. The maximum atomic E-state index is 11.7. The van der Waals surface area contributed by atoms with E-state index >= 15 is 0 Å². The Hall–Kier alpha value is -1.92. The van der Waals surface area contributed by atoms with Crippen LogP contribution in [0.1, 0.15) is 162 Å². The molecule has 1 aliphatic heterocycles. The molecule has 0 aromatic rings. The summed E-state index contributed by atoms with van der Waals surface area (Å²) in [4.78, 5) is 51.1. The molecule has 214 valence electrons. The number of rotatable bonds is 22. The van der Waals surface area contributed by atoms with Gasteiger partial charge in [-0.2, -0.15) is 0 Å². The number of nitrogens with zero attached hydrogens (tertiary/aromatic N) is 1. The zero-order chi connectivity index (χ0) is 27.4. The van der Waals surface area contributed by atoms with Crippen molar-refractivity contribution < 1.29 is 28.8 Å². The summed E-state index contributed by atoms with van der Waals surface area (Å²) in [5.41, 5.74) is -0.372. The molecule has 1 rings (SSSR count). The van der Waals surface area contributed by atoms with Gasteiger partial charge in [0, 0.05) is 25.7 Å². The fourth-order valence-electron chi connectivity index (χ4n) is 4.56. The van der Waals surface area contributed by atoms with E-state index < -0.39 is 17.8 Å². The van der Waals surface area contributed by atoms with Crippen LogP contribution >= 0.6 is 0 Å². The second-order valence-corrected chi connectivity index (χ2v) is 11.5. The maximum Gasteiger partial charge on any atom is 0.333 e. The molecule has 7 nitrogen and oxygen atoms in total. The molecule has 0 spiro atoms. The molecular weight excluding hydrogens is 470 g/mol. The largest absolute Gasteiger partial charge is 0.460 e. The Bertz CT molecular complexity index is 653. The zero-order valence-electron chi connectivity index (χ0n) is 24.0. The molecule has 1 saturated heterocycles. The topological polar surface area (TPSA) is 90.0 Å². The van der Waals surface area contributed by atoms with Crippen molar-refractivity contribution in [3.05, 3.63) is 0 Å². The summed E-state index contributed by atoms with van der Waals surface area (Å²) >= 11 is 0. The fourth-order valence-corrected chi connectivity index (χ4v) is 4.56. The summed E-state index contributed by atoms with van der Waals surface area (Å²) in [6, 6.07) is 0. The van der Waals surface area contributed by atoms with Gasteiger partial charge in [0.05, 0.1) is 0 Å². The molecule has 0 aromatic carbocycles. The normalized spacial score (nSPS) is 13.9. The molecule has 0 saturated carbocycles. The van der Waals surface area contributed by atoms with E-state index in [0.717, 1.165) is 32.1 Å². The van der Waals surface area contributed by atoms with E-state index in [2.05, 4.69) is 0 Å². The maximum absolute atomic E-state index is 11.7. The van der Waals surface area contributed by atoms with Gasteiger partial charge >= 0.3 is 11.9 Å². The summed E-state index contributed by atoms with van der Waals surface area (Å²) in [6.07, 6.45) is 22.9. The number of amides is 2. The van der Waals surface area contributed by atoms with Crippen LogP contribution in [0.2, 0.25) is 0 Å². The predicted octanol–water partition coefficient (Wildman–Crippen LogP) is 7.74. The van der Waals surface area contributed by atoms with Crippen LogP contribution in [0.3, 0.4) is 0 Å². The molecule has 0 aromatic heterocycles. The molecule has 1 aliphatic rings. The molecular formula is C30H53NO6. The number of esters is 1. The highest BCUT2D eigenvalue weighted by Crippen LogP contribution is 2.17. The minimum absolute atomic E-state index is 0.0709. The first-order chi connectivity index (χ1) is 17.7. The lowest BCUT2D eigenvalue weighted by Crippen LogP contribution is -2.31. The first kappa shape index (κ1) is 33.1. The number of unbranched alkanes of at least 4 members (excludes halogenated alkanes) is 17. The second-order valence-electron chi connectivity index (χ2n) is 11.5. The van der Waals surface area contributed by atoms with Gasteiger partial charge in [0.15, 0.2) is 0 Å². The van der Waals surface area contributed by atoms with E-state index in [9.17, 15) is 19.2 Å². The highest BCUT2D eigenvalue weighted by Gasteiger charge is 2.32. The molecule has 2 amide bonds. The van der Waals surface area contributed by atoms with Crippen LogP contribution in [0, 0.1) is 0 Å². The molecule has 37 heavy (non-hydrogen) atoms. The Balaban J connectivity index is 1.74. The van der Waals surface area contributed by atoms with Crippen molar-refractivity contribution in [3.63, 3.8) is 0 Å². The number of hydroxylamine groups is 2. The third-order valence-corrected chi connectivity index (χ3v) is 6.63. The van der Waals surface area contributed by atoms with Crippen molar-refractivity contribution in [2.24, 2.45) is 0 Å². The molecule has 7 heteroatoms. The van der Waals surface area contributed by atoms with Gasteiger partial charge in [0.1, 0.15) is 5.60 Å². The van der Waals surface area contributed by atoms with Gasteiger partial charge in [-0.15, -0.1) is 5.06 Å². The Morgan fingerprint density at radius 1 is 0.568 bits per heavy atom. The fraction of sp³-hybridized carbons (Fsp3) is 0.867. The van der Waals surface area contributed by atoms with E-state index in [1.54, 1.807) is 0 Å². The lowest BCUT2D eigenvalue weighted by molar-refractivity contribution is -0.197. The van der Waals surface area contributed by atoms with Crippen molar-refractivity contribution >= 4 is 23.8 Å². The number of hydrogen-bond acceptors (Lipinski definition) is 6. The Morgan fingerprint density at radius 3 is 1.19 bits per heavy atom. The monoisotopic (exact) mass is 523 g/mol. The van der Waals surface area contributed by atoms with Crippen molar-refractivity contribution in [1.82, 2.24) is 5.06 Å². The quantitative estimate of drug-likeness (QED) is 0.0819. The van der Waals surface area contributed by atoms with Crippen LogP contribution in [0.15, 0.2) is 0 Å². The Labute approximate surface area is 225 Å². The van der Waals surface area contributed by atoms with Crippen LogP contribution < -0.4 is 0 Å². The number of carbonyl (C=O) groups excluding carboxylic acids is 4. The van der Waals surface area contributed by atoms with Gasteiger partial charge in [-0.25, -0.2) is 4.79 Å². The van der Waals surface area contributed by atoms with Gasteiger partial charge in [-0.3, -0.25) is 14.4 Å². The lowest BCUT2D eigenvalue weighted by Gasteiger charge is -2.19. The van der Waals surface area contributed by atoms with Gasteiger partial charge < -0.3 is 9.57 Å². The first-order valence-electron chi connectivity index (χ1n) is 15.0. The number of ether oxygens (including phenoxy) is 1. The number of imide groups is 1. The molecule has 0 atom stereocenters. The number of hydrogen-bond donors (Lipinski definition) is 0. The third kappa shape index (κ3) is 18.9. The molecule has 1 heterocycles. The smallest absolute Gasteiger partial charge is 0.333 e. The van der Waals surface area contributed by atoms with Crippen LogP contribution in [0.25, 0.3) is 0 Å². The minimum atomic E-state index is -0.490. The second kappa shape index (κ2) is 20.1. The zero-order valence-corrected chi connectivity index (χ0v) is 24.0. The average molecular weight is 524 g/mol. The van der Waals surface area contributed by atoms with Crippen LogP contribution in [0.5, 0.6) is 0 Å². The lowest BCUT2D eigenvalue weighted by atomic mass is 10.0. The molecule has 0 unspecified atom stereocenters. The molecule has 1 fully saturated rings. The molecule has 0 N–H and O–H groups in total. The summed E-state index contributed by atoms with van der Waals surface area (Å²) in [5, 5.41) is 0.628.